The predicted octanol–water partition coefficient (Wildman–Crippen LogP) is 4.60. The van der Waals surface area contributed by atoms with Gasteiger partial charge in [0.2, 0.25) is 5.91 Å². The van der Waals surface area contributed by atoms with Crippen molar-refractivity contribution < 1.29 is 34.2 Å². The average Bonchev–Trinajstić information content (AvgIpc) is 3.14. The molecule has 2 atom stereocenters. The fourth-order valence-corrected chi connectivity index (χ4v) is 4.77. The number of phenols is 1. The Morgan fingerprint density at radius 1 is 1.17 bits per heavy atom. The number of urea groups is 1. The number of ether oxygens (including phenoxy) is 1. The van der Waals surface area contributed by atoms with Gasteiger partial charge in [-0.1, -0.05) is 47.9 Å². The summed E-state index contributed by atoms with van der Waals surface area (Å²) in [7, 11) is 1.52. The van der Waals surface area contributed by atoms with E-state index in [4.69, 9.17) is 21.2 Å². The maximum Gasteiger partial charge on any atom is 0.339 e. The summed E-state index contributed by atoms with van der Waals surface area (Å²) >= 11 is 6.22. The molecule has 0 spiro atoms. The summed E-state index contributed by atoms with van der Waals surface area (Å²) in [4.78, 5) is 45.6. The van der Waals surface area contributed by atoms with Crippen molar-refractivity contribution in [3.63, 3.8) is 0 Å². The molecule has 0 bridgehead atoms. The van der Waals surface area contributed by atoms with Crippen LogP contribution in [-0.4, -0.2) is 59.1 Å². The Labute approximate surface area is 247 Å². The highest BCUT2D eigenvalue weighted by Gasteiger charge is 2.35. The number of halogens is 1. The SMILES string of the molecule is CC[C@@H](NC(=O)N1C/C(=N/Oc2ccccc2)NC[C@@H](Cc2cc(Cl)ccc2OC)C1=O)c1ccc(O)c(C(=O)O)c1. The average molecular weight is 595 g/mol. The van der Waals surface area contributed by atoms with Crippen LogP contribution in [0.5, 0.6) is 17.2 Å². The van der Waals surface area contributed by atoms with Gasteiger partial charge < -0.3 is 30.4 Å². The van der Waals surface area contributed by atoms with Crippen LogP contribution in [0.4, 0.5) is 4.79 Å². The number of nitrogens with one attached hydrogen (secondary N) is 2. The first-order chi connectivity index (χ1) is 20.2. The number of carbonyl (C=O) groups excluding carboxylic acids is 2. The van der Waals surface area contributed by atoms with Gasteiger partial charge in [0.1, 0.15) is 17.1 Å². The van der Waals surface area contributed by atoms with Crippen molar-refractivity contribution in [1.82, 2.24) is 15.5 Å². The molecule has 220 valence electrons. The lowest BCUT2D eigenvalue weighted by Gasteiger charge is -2.26. The minimum absolute atomic E-state index is 0.159. The first-order valence-corrected chi connectivity index (χ1v) is 13.6. The van der Waals surface area contributed by atoms with Crippen LogP contribution in [0.3, 0.4) is 0 Å². The van der Waals surface area contributed by atoms with Crippen molar-refractivity contribution in [2.75, 3.05) is 20.2 Å². The van der Waals surface area contributed by atoms with E-state index in [1.54, 1.807) is 49.4 Å². The molecule has 1 aliphatic rings. The highest BCUT2D eigenvalue weighted by molar-refractivity contribution is 6.30. The Bertz CT molecular complexity index is 1480. The van der Waals surface area contributed by atoms with Gasteiger partial charge in [0.15, 0.2) is 11.6 Å². The van der Waals surface area contributed by atoms with Gasteiger partial charge in [0, 0.05) is 11.6 Å². The Morgan fingerprint density at radius 3 is 2.62 bits per heavy atom. The number of oxime groups is 1. The second-order valence-electron chi connectivity index (χ2n) is 9.60. The van der Waals surface area contributed by atoms with Crippen molar-refractivity contribution in [3.05, 3.63) is 88.4 Å². The van der Waals surface area contributed by atoms with Crippen molar-refractivity contribution in [3.8, 4) is 17.2 Å². The van der Waals surface area contributed by atoms with Crippen molar-refractivity contribution in [1.29, 1.82) is 0 Å². The van der Waals surface area contributed by atoms with E-state index in [-0.39, 0.29) is 36.7 Å². The molecule has 0 aliphatic carbocycles. The van der Waals surface area contributed by atoms with Gasteiger partial charge in [0.05, 0.1) is 25.6 Å². The number of carbonyl (C=O) groups is 3. The Balaban J connectivity index is 1.62. The van der Waals surface area contributed by atoms with E-state index < -0.39 is 29.9 Å². The molecule has 1 saturated heterocycles. The maximum absolute atomic E-state index is 13.8. The van der Waals surface area contributed by atoms with E-state index in [0.29, 0.717) is 34.1 Å². The second-order valence-corrected chi connectivity index (χ2v) is 10.0. The van der Waals surface area contributed by atoms with Gasteiger partial charge >= 0.3 is 12.0 Å². The molecule has 3 aromatic carbocycles. The molecule has 11 nitrogen and oxygen atoms in total. The number of aromatic carboxylic acids is 1. The molecular weight excluding hydrogens is 564 g/mol. The predicted molar refractivity (Wildman–Crippen MR) is 156 cm³/mol. The highest BCUT2D eigenvalue weighted by Crippen LogP contribution is 2.28. The smallest absolute Gasteiger partial charge is 0.339 e. The summed E-state index contributed by atoms with van der Waals surface area (Å²) in [5.41, 5.74) is 0.865. The number of rotatable bonds is 9. The third-order valence-electron chi connectivity index (χ3n) is 6.79. The number of nitrogens with zero attached hydrogens (tertiary/aromatic N) is 2. The van der Waals surface area contributed by atoms with Crippen molar-refractivity contribution in [2.24, 2.45) is 11.1 Å². The number of carboxylic acids is 1. The van der Waals surface area contributed by atoms with Crippen molar-refractivity contribution >= 4 is 35.3 Å². The van der Waals surface area contributed by atoms with E-state index in [1.807, 2.05) is 6.07 Å². The topological polar surface area (TPSA) is 150 Å². The van der Waals surface area contributed by atoms with Crippen LogP contribution >= 0.6 is 11.6 Å². The molecule has 1 fully saturated rings. The molecule has 1 aliphatic heterocycles. The van der Waals surface area contributed by atoms with Crippen LogP contribution in [0.2, 0.25) is 5.02 Å². The number of carboxylic acid groups (broad SMARTS) is 1. The van der Waals surface area contributed by atoms with Gasteiger partial charge in [-0.3, -0.25) is 9.69 Å². The van der Waals surface area contributed by atoms with Gasteiger partial charge in [-0.2, -0.15) is 0 Å². The number of hydrogen-bond acceptors (Lipinski definition) is 7. The first-order valence-electron chi connectivity index (χ1n) is 13.2. The number of amides is 3. The van der Waals surface area contributed by atoms with Crippen LogP contribution in [0, 0.1) is 5.92 Å². The first kappa shape index (κ1) is 30.2. The zero-order chi connectivity index (χ0) is 30.2. The number of benzene rings is 3. The van der Waals surface area contributed by atoms with Gasteiger partial charge in [-0.25, -0.2) is 9.59 Å². The normalized spacial score (nSPS) is 16.7. The fourth-order valence-electron chi connectivity index (χ4n) is 4.58. The summed E-state index contributed by atoms with van der Waals surface area (Å²) in [5, 5.41) is 29.9. The Morgan fingerprint density at radius 2 is 1.93 bits per heavy atom. The third kappa shape index (κ3) is 7.29. The molecule has 0 unspecified atom stereocenters. The van der Waals surface area contributed by atoms with E-state index >= 15 is 0 Å². The van der Waals surface area contributed by atoms with E-state index in [1.165, 1.54) is 25.3 Å². The molecule has 1 heterocycles. The third-order valence-corrected chi connectivity index (χ3v) is 7.03. The van der Waals surface area contributed by atoms with Crippen LogP contribution in [-0.2, 0) is 11.2 Å². The molecule has 42 heavy (non-hydrogen) atoms. The van der Waals surface area contributed by atoms with Crippen LogP contribution in [0.1, 0.15) is 40.9 Å². The largest absolute Gasteiger partial charge is 0.507 e. The lowest BCUT2D eigenvalue weighted by molar-refractivity contribution is -0.131. The molecule has 4 N–H and O–H groups in total. The van der Waals surface area contributed by atoms with E-state index in [9.17, 15) is 24.6 Å². The fraction of sp³-hybridized carbons (Fsp3) is 0.267. The summed E-state index contributed by atoms with van der Waals surface area (Å²) in [6.07, 6.45) is 0.611. The number of imide groups is 1. The molecule has 0 radical (unpaired) electrons. The Kier molecular flexibility index (Phi) is 9.87. The molecule has 3 aromatic rings. The highest BCUT2D eigenvalue weighted by atomic mass is 35.5. The molecule has 4 rings (SSSR count). The molecular formula is C30H31ClN4O7. The monoisotopic (exact) mass is 594 g/mol. The van der Waals surface area contributed by atoms with Gasteiger partial charge in [0.25, 0.3) is 0 Å². The Hall–Kier alpha value is -4.77. The van der Waals surface area contributed by atoms with E-state index in [2.05, 4.69) is 15.8 Å². The number of para-hydroxylation sites is 1. The van der Waals surface area contributed by atoms with Gasteiger partial charge in [-0.05, 0) is 66.4 Å². The molecule has 12 heteroatoms. The number of amidine groups is 1. The maximum atomic E-state index is 13.8. The minimum atomic E-state index is -1.30. The summed E-state index contributed by atoms with van der Waals surface area (Å²) in [5.74, 6) is -1.55. The number of aromatic hydroxyl groups is 1. The van der Waals surface area contributed by atoms with E-state index in [0.717, 1.165) is 4.90 Å². The van der Waals surface area contributed by atoms with Crippen LogP contribution in [0.15, 0.2) is 71.9 Å². The van der Waals surface area contributed by atoms with Crippen molar-refractivity contribution in [2.45, 2.75) is 25.8 Å². The second kappa shape index (κ2) is 13.7. The van der Waals surface area contributed by atoms with Crippen LogP contribution < -0.4 is 20.2 Å². The molecule has 0 saturated carbocycles. The lowest BCUT2D eigenvalue weighted by Crippen LogP contribution is -2.48. The minimum Gasteiger partial charge on any atom is -0.507 e. The zero-order valence-electron chi connectivity index (χ0n) is 23.0. The molecule has 0 aromatic heterocycles. The molecule has 3 amide bonds. The standard InChI is InChI=1S/C30H31ClN4O7/c1-3-24(18-9-11-25(36)23(15-18)29(38)39)33-30(40)35-17-27(34-42-22-7-5-4-6-8-22)32-16-20(28(35)37)13-19-14-21(31)10-12-26(19)41-2/h4-12,14-15,20,24,36H,3,13,16-17H2,1-2H3,(H,32,34)(H,33,40)(H,38,39)/t20-,24-/m1/s1. The number of methoxy groups -OCH3 is 1. The summed E-state index contributed by atoms with van der Waals surface area (Å²) in [6, 6.07) is 16.7. The van der Waals surface area contributed by atoms with Gasteiger partial charge in [-0.15, -0.1) is 0 Å². The summed E-state index contributed by atoms with van der Waals surface area (Å²) in [6.45, 7) is 1.76. The summed E-state index contributed by atoms with van der Waals surface area (Å²) < 4.78 is 5.46. The van der Waals surface area contributed by atoms with Crippen LogP contribution in [0.25, 0.3) is 0 Å². The number of hydrogen-bond donors (Lipinski definition) is 4. The quantitative estimate of drug-likeness (QED) is 0.263. The zero-order valence-corrected chi connectivity index (χ0v) is 23.8. The lowest BCUT2D eigenvalue weighted by atomic mass is 9.97.